The third kappa shape index (κ3) is 4.88. The van der Waals surface area contributed by atoms with Crippen molar-refractivity contribution in [1.82, 2.24) is 14.9 Å². The van der Waals surface area contributed by atoms with E-state index in [1.807, 2.05) is 30.3 Å². The van der Waals surface area contributed by atoms with Gasteiger partial charge < -0.3 is 4.74 Å². The van der Waals surface area contributed by atoms with Crippen molar-refractivity contribution in [3.8, 4) is 5.75 Å². The molecule has 27 heavy (non-hydrogen) atoms. The molecular formula is C17H16N4O4S2. The Balaban J connectivity index is 1.67. The number of ether oxygens (including phenoxy) is 1. The number of hydrogen-bond acceptors (Lipinski definition) is 7. The summed E-state index contributed by atoms with van der Waals surface area (Å²) in [5.74, 6) is 0.0968. The van der Waals surface area contributed by atoms with Crippen LogP contribution >= 0.6 is 11.3 Å². The summed E-state index contributed by atoms with van der Waals surface area (Å²) in [5, 5.41) is 10.0. The highest BCUT2D eigenvalue weighted by molar-refractivity contribution is 7.91. The molecule has 2 N–H and O–H groups in total. The maximum atomic E-state index is 12.3. The van der Waals surface area contributed by atoms with Crippen LogP contribution in [0.5, 0.6) is 5.75 Å². The van der Waals surface area contributed by atoms with Crippen LogP contribution in [0.25, 0.3) is 0 Å². The van der Waals surface area contributed by atoms with Crippen LogP contribution in [0.2, 0.25) is 0 Å². The Morgan fingerprint density at radius 3 is 2.63 bits per heavy atom. The number of carbonyl (C=O) groups excluding carboxylic acids is 1. The molecule has 0 aliphatic heterocycles. The number of sulfonamides is 1. The van der Waals surface area contributed by atoms with Crippen LogP contribution in [0.15, 0.2) is 58.9 Å². The van der Waals surface area contributed by atoms with Crippen LogP contribution in [0.3, 0.4) is 0 Å². The fraction of sp³-hybridized carbons (Fsp3) is 0.118. The number of amides is 1. The van der Waals surface area contributed by atoms with Crippen molar-refractivity contribution in [2.24, 2.45) is 0 Å². The van der Waals surface area contributed by atoms with Crippen molar-refractivity contribution in [3.63, 3.8) is 0 Å². The average Bonchev–Trinajstić information content (AvgIpc) is 3.17. The first-order valence-corrected chi connectivity index (χ1v) is 10.1. The zero-order valence-electron chi connectivity index (χ0n) is 14.2. The molecule has 0 aliphatic rings. The van der Waals surface area contributed by atoms with Crippen molar-refractivity contribution in [1.29, 1.82) is 0 Å². The van der Waals surface area contributed by atoms with Gasteiger partial charge in [0.15, 0.2) is 0 Å². The van der Waals surface area contributed by atoms with E-state index in [0.717, 1.165) is 16.9 Å². The molecule has 0 radical (unpaired) electrons. The predicted molar refractivity (Wildman–Crippen MR) is 101 cm³/mol. The Kier molecular flexibility index (Phi) is 5.79. The lowest BCUT2D eigenvalue weighted by Crippen LogP contribution is -2.23. The van der Waals surface area contributed by atoms with Gasteiger partial charge in [-0.05, 0) is 23.8 Å². The van der Waals surface area contributed by atoms with Crippen LogP contribution in [0.1, 0.15) is 15.9 Å². The third-order valence-corrected chi connectivity index (χ3v) is 6.11. The first kappa shape index (κ1) is 19.0. The maximum Gasteiger partial charge on any atom is 0.270 e. The third-order valence-electron chi connectivity index (χ3n) is 3.50. The summed E-state index contributed by atoms with van der Waals surface area (Å²) < 4.78 is 32.0. The summed E-state index contributed by atoms with van der Waals surface area (Å²) in [6.07, 6.45) is 0. The van der Waals surface area contributed by atoms with E-state index in [9.17, 15) is 13.2 Å². The molecule has 0 saturated carbocycles. The molecule has 8 nitrogen and oxygen atoms in total. The predicted octanol–water partition coefficient (Wildman–Crippen LogP) is 2.28. The van der Waals surface area contributed by atoms with E-state index in [4.69, 9.17) is 4.74 Å². The smallest absolute Gasteiger partial charge is 0.270 e. The molecular weight excluding hydrogens is 388 g/mol. The Morgan fingerprint density at radius 2 is 1.89 bits per heavy atom. The van der Waals surface area contributed by atoms with Crippen LogP contribution in [0, 0.1) is 0 Å². The Labute approximate surface area is 160 Å². The number of rotatable bonds is 7. The fourth-order valence-electron chi connectivity index (χ4n) is 2.14. The van der Waals surface area contributed by atoms with Crippen molar-refractivity contribution < 1.29 is 17.9 Å². The minimum atomic E-state index is -3.83. The molecule has 140 valence electrons. The van der Waals surface area contributed by atoms with Crippen LogP contribution in [-0.2, 0) is 16.6 Å². The monoisotopic (exact) mass is 404 g/mol. The van der Waals surface area contributed by atoms with Gasteiger partial charge in [0.2, 0.25) is 9.47 Å². The standard InChI is InChI=1S/C17H16N4O4S2/c1-25-14-9-5-8-13(10-14)15(22)19-16-20-21-17(26-16)27(23,24)18-11-12-6-3-2-4-7-12/h2-10,18H,11H2,1H3,(H,19,20,22). The number of benzene rings is 2. The molecule has 1 heterocycles. The average molecular weight is 404 g/mol. The van der Waals surface area contributed by atoms with E-state index in [2.05, 4.69) is 20.2 Å². The van der Waals surface area contributed by atoms with Crippen molar-refractivity contribution >= 4 is 32.4 Å². The van der Waals surface area contributed by atoms with Gasteiger partial charge in [-0.3, -0.25) is 10.1 Å². The maximum absolute atomic E-state index is 12.3. The van der Waals surface area contributed by atoms with E-state index in [1.165, 1.54) is 7.11 Å². The van der Waals surface area contributed by atoms with Gasteiger partial charge in [-0.2, -0.15) is 0 Å². The molecule has 2 aromatic carbocycles. The Hall–Kier alpha value is -2.82. The van der Waals surface area contributed by atoms with Gasteiger partial charge in [0.1, 0.15) is 5.75 Å². The topological polar surface area (TPSA) is 110 Å². The molecule has 3 aromatic rings. The van der Waals surface area contributed by atoms with Gasteiger partial charge in [0.05, 0.1) is 7.11 Å². The zero-order chi connectivity index (χ0) is 19.3. The van der Waals surface area contributed by atoms with Gasteiger partial charge in [-0.15, -0.1) is 10.2 Å². The first-order valence-electron chi connectivity index (χ1n) is 7.80. The second-order valence-electron chi connectivity index (χ2n) is 5.37. The lowest BCUT2D eigenvalue weighted by Gasteiger charge is -2.04. The second kappa shape index (κ2) is 8.25. The second-order valence-corrected chi connectivity index (χ2v) is 8.29. The van der Waals surface area contributed by atoms with E-state index in [-0.39, 0.29) is 16.0 Å². The Bertz CT molecular complexity index is 1040. The molecule has 0 aliphatic carbocycles. The number of nitrogens with zero attached hydrogens (tertiary/aromatic N) is 2. The van der Waals surface area contributed by atoms with Gasteiger partial charge >= 0.3 is 0 Å². The Morgan fingerprint density at radius 1 is 1.11 bits per heavy atom. The number of anilines is 1. The molecule has 3 rings (SSSR count). The van der Waals surface area contributed by atoms with Gasteiger partial charge in [-0.25, -0.2) is 13.1 Å². The van der Waals surface area contributed by atoms with E-state index >= 15 is 0 Å². The molecule has 10 heteroatoms. The summed E-state index contributed by atoms with van der Waals surface area (Å²) in [7, 11) is -2.32. The van der Waals surface area contributed by atoms with Gasteiger partial charge in [-0.1, -0.05) is 47.7 Å². The van der Waals surface area contributed by atoms with Crippen molar-refractivity contribution in [2.75, 3.05) is 12.4 Å². The lowest BCUT2D eigenvalue weighted by atomic mass is 10.2. The normalized spacial score (nSPS) is 11.1. The van der Waals surface area contributed by atoms with Gasteiger partial charge in [0.25, 0.3) is 15.9 Å². The van der Waals surface area contributed by atoms with Crippen LogP contribution < -0.4 is 14.8 Å². The fourth-order valence-corrected chi connectivity index (χ4v) is 4.09. The summed E-state index contributed by atoms with van der Waals surface area (Å²) in [4.78, 5) is 12.3. The minimum Gasteiger partial charge on any atom is -0.497 e. The number of hydrogen-bond donors (Lipinski definition) is 2. The van der Waals surface area contributed by atoms with Crippen molar-refractivity contribution in [2.45, 2.75) is 10.9 Å². The molecule has 0 fully saturated rings. The molecule has 0 unspecified atom stereocenters. The molecule has 1 amide bonds. The number of carbonyl (C=O) groups is 1. The zero-order valence-corrected chi connectivity index (χ0v) is 15.9. The molecule has 1 aromatic heterocycles. The molecule has 0 atom stereocenters. The minimum absolute atomic E-state index is 0.0860. The quantitative estimate of drug-likeness (QED) is 0.585. The SMILES string of the molecule is COc1cccc(C(=O)Nc2nnc(S(=O)(=O)NCc3ccccc3)s2)c1. The summed E-state index contributed by atoms with van der Waals surface area (Å²) in [5.41, 5.74) is 1.17. The van der Waals surface area contributed by atoms with Gasteiger partial charge in [0, 0.05) is 12.1 Å². The van der Waals surface area contributed by atoms with E-state index < -0.39 is 15.9 Å². The highest BCUT2D eigenvalue weighted by Crippen LogP contribution is 2.21. The molecule has 0 bridgehead atoms. The molecule has 0 spiro atoms. The number of nitrogens with one attached hydrogen (secondary N) is 2. The molecule has 0 saturated heterocycles. The largest absolute Gasteiger partial charge is 0.497 e. The highest BCUT2D eigenvalue weighted by Gasteiger charge is 2.21. The summed E-state index contributed by atoms with van der Waals surface area (Å²) in [6, 6.07) is 15.7. The van der Waals surface area contributed by atoms with Crippen LogP contribution in [0.4, 0.5) is 5.13 Å². The van der Waals surface area contributed by atoms with E-state index in [1.54, 1.807) is 24.3 Å². The summed E-state index contributed by atoms with van der Waals surface area (Å²) >= 11 is 0.772. The lowest BCUT2D eigenvalue weighted by molar-refractivity contribution is 0.102. The van der Waals surface area contributed by atoms with E-state index in [0.29, 0.717) is 11.3 Å². The summed E-state index contributed by atoms with van der Waals surface area (Å²) in [6.45, 7) is 0.133. The van der Waals surface area contributed by atoms with Crippen molar-refractivity contribution in [3.05, 3.63) is 65.7 Å². The highest BCUT2D eigenvalue weighted by atomic mass is 32.2. The van der Waals surface area contributed by atoms with Crippen LogP contribution in [-0.4, -0.2) is 31.6 Å². The number of aromatic nitrogens is 2. The first-order chi connectivity index (χ1) is 13.0. The number of methoxy groups -OCH3 is 1.